The molecule has 0 bridgehead atoms. The molecule has 3 aliphatic rings. The number of hydrogen-bond donors (Lipinski definition) is 0. The second-order valence-electron chi connectivity index (χ2n) is 8.12. The molecule has 4 atom stereocenters. The number of rotatable bonds is 5. The van der Waals surface area contributed by atoms with Crippen molar-refractivity contribution in [2.45, 2.75) is 25.4 Å². The van der Waals surface area contributed by atoms with Gasteiger partial charge in [0.2, 0.25) is 11.8 Å². The van der Waals surface area contributed by atoms with Crippen LogP contribution in [0.5, 0.6) is 0 Å². The molecule has 2 saturated heterocycles. The summed E-state index contributed by atoms with van der Waals surface area (Å²) in [6, 6.07) is 6.82. The summed E-state index contributed by atoms with van der Waals surface area (Å²) in [5.74, 6) is -1.78. The van der Waals surface area contributed by atoms with Gasteiger partial charge in [0.1, 0.15) is 6.04 Å². The van der Waals surface area contributed by atoms with Gasteiger partial charge >= 0.3 is 0 Å². The highest BCUT2D eigenvalue weighted by molar-refractivity contribution is 6.12. The summed E-state index contributed by atoms with van der Waals surface area (Å²) in [6.45, 7) is 2.30. The molecule has 0 spiro atoms. The Morgan fingerprint density at radius 1 is 1.17 bits per heavy atom. The largest absolute Gasteiger partial charge is 0.385 e. The fraction of sp³-hybridized carbons (Fsp3) is 0.391. The highest BCUT2D eigenvalue weighted by atomic mass is 16.5. The first kappa shape index (κ1) is 18.9. The highest BCUT2D eigenvalue weighted by Crippen LogP contribution is 2.49. The van der Waals surface area contributed by atoms with Crippen molar-refractivity contribution in [2.75, 3.05) is 25.2 Å². The maximum absolute atomic E-state index is 13.3. The van der Waals surface area contributed by atoms with Crippen LogP contribution in [-0.2, 0) is 19.1 Å². The second kappa shape index (κ2) is 7.02. The lowest BCUT2D eigenvalue weighted by Gasteiger charge is -2.36. The summed E-state index contributed by atoms with van der Waals surface area (Å²) >= 11 is 0. The van der Waals surface area contributed by atoms with Gasteiger partial charge in [-0.1, -0.05) is 30.4 Å². The quantitative estimate of drug-likeness (QED) is 0.560. The van der Waals surface area contributed by atoms with Crippen LogP contribution in [0.1, 0.15) is 18.9 Å². The van der Waals surface area contributed by atoms with Gasteiger partial charge < -0.3 is 9.64 Å². The zero-order valence-corrected chi connectivity index (χ0v) is 16.9. The van der Waals surface area contributed by atoms with Gasteiger partial charge in [0, 0.05) is 31.8 Å². The maximum atomic E-state index is 13.3. The Labute approximate surface area is 174 Å². The number of benzene rings is 1. The smallest absolute Gasteiger partial charge is 0.235 e. The number of nitrogens with zero attached hydrogens (tertiary/aromatic N) is 3. The monoisotopic (exact) mass is 405 g/mol. The van der Waals surface area contributed by atoms with Gasteiger partial charge in [-0.15, -0.1) is 0 Å². The van der Waals surface area contributed by atoms with Crippen molar-refractivity contribution in [2.24, 2.45) is 11.8 Å². The van der Waals surface area contributed by atoms with Crippen molar-refractivity contribution in [3.05, 3.63) is 42.1 Å². The van der Waals surface area contributed by atoms with E-state index in [4.69, 9.17) is 4.74 Å². The molecule has 0 N–H and O–H groups in total. The van der Waals surface area contributed by atoms with Crippen molar-refractivity contribution in [3.63, 3.8) is 0 Å². The number of fused-ring (bicyclic) bond motifs is 7. The molecule has 2 amide bonds. The van der Waals surface area contributed by atoms with E-state index in [1.54, 1.807) is 13.3 Å². The molecule has 2 fully saturated rings. The summed E-state index contributed by atoms with van der Waals surface area (Å²) < 4.78 is 5.06. The van der Waals surface area contributed by atoms with Crippen LogP contribution in [0.2, 0.25) is 0 Å². The van der Waals surface area contributed by atoms with Crippen LogP contribution in [-0.4, -0.2) is 59.8 Å². The summed E-state index contributed by atoms with van der Waals surface area (Å²) in [4.78, 5) is 47.2. The van der Waals surface area contributed by atoms with Crippen molar-refractivity contribution in [1.29, 1.82) is 0 Å². The molecular formula is C23H23N3O4. The fourth-order valence-corrected chi connectivity index (χ4v) is 5.29. The molecule has 0 radical (unpaired) electrons. The zero-order valence-electron chi connectivity index (χ0n) is 16.9. The predicted molar refractivity (Wildman–Crippen MR) is 112 cm³/mol. The van der Waals surface area contributed by atoms with Crippen LogP contribution in [0.4, 0.5) is 5.69 Å². The van der Waals surface area contributed by atoms with Gasteiger partial charge in [0.25, 0.3) is 0 Å². The summed E-state index contributed by atoms with van der Waals surface area (Å²) in [6.07, 6.45) is 6.25. The minimum atomic E-state index is -0.680. The molecule has 154 valence electrons. The number of imide groups is 1. The number of carbonyl (C=O) groups is 3. The molecule has 30 heavy (non-hydrogen) atoms. The van der Waals surface area contributed by atoms with E-state index in [1.807, 2.05) is 41.3 Å². The van der Waals surface area contributed by atoms with Gasteiger partial charge in [0.15, 0.2) is 5.78 Å². The summed E-state index contributed by atoms with van der Waals surface area (Å²) in [7, 11) is 1.59. The van der Waals surface area contributed by atoms with E-state index in [2.05, 4.69) is 4.98 Å². The number of pyridine rings is 1. The molecule has 4 heterocycles. The Kier molecular flexibility index (Phi) is 4.43. The number of ketones is 1. The van der Waals surface area contributed by atoms with Crippen LogP contribution in [0, 0.1) is 11.8 Å². The zero-order chi connectivity index (χ0) is 21.0. The number of methoxy groups -OCH3 is 1. The Morgan fingerprint density at radius 2 is 1.97 bits per heavy atom. The van der Waals surface area contributed by atoms with Crippen LogP contribution in [0.25, 0.3) is 17.0 Å². The normalized spacial score (nSPS) is 26.9. The van der Waals surface area contributed by atoms with E-state index >= 15 is 0 Å². The lowest BCUT2D eigenvalue weighted by atomic mass is 9.88. The van der Waals surface area contributed by atoms with Crippen molar-refractivity contribution < 1.29 is 19.1 Å². The first-order chi connectivity index (χ1) is 14.5. The lowest BCUT2D eigenvalue weighted by molar-refractivity contribution is -0.141. The molecule has 7 heteroatoms. The molecule has 4 unspecified atom stereocenters. The first-order valence-corrected chi connectivity index (χ1v) is 10.2. The average molecular weight is 405 g/mol. The third-order valence-electron chi connectivity index (χ3n) is 6.48. The number of hydrogen-bond acceptors (Lipinski definition) is 6. The van der Waals surface area contributed by atoms with E-state index in [0.717, 1.165) is 22.2 Å². The predicted octanol–water partition coefficient (Wildman–Crippen LogP) is 2.05. The number of Topliss-reactive ketones (excluding diaryl/α,β-unsaturated/α-hetero) is 1. The molecule has 2 aromatic rings. The number of aromatic nitrogens is 1. The van der Waals surface area contributed by atoms with Gasteiger partial charge in [0.05, 0.1) is 29.1 Å². The Bertz CT molecular complexity index is 1100. The second-order valence-corrected chi connectivity index (χ2v) is 8.12. The van der Waals surface area contributed by atoms with Crippen LogP contribution < -0.4 is 4.90 Å². The van der Waals surface area contributed by atoms with Crippen LogP contribution >= 0.6 is 0 Å². The molecule has 0 aliphatic carbocycles. The standard InChI is InChI=1S/C23H23N3O4/c1-13(27)20-18-17(22(28)25(23(18)29)11-4-12-30-2)16-9-8-15-7-6-14-5-3-10-24-19(14)21(15)26(16)20/h3,5-10,16-18,20H,4,11-12H2,1-2H3. The van der Waals surface area contributed by atoms with Crippen LogP contribution in [0.3, 0.4) is 0 Å². The Balaban J connectivity index is 1.62. The maximum Gasteiger partial charge on any atom is 0.235 e. The number of amides is 2. The van der Waals surface area contributed by atoms with E-state index in [1.165, 1.54) is 11.8 Å². The minimum absolute atomic E-state index is 0.110. The van der Waals surface area contributed by atoms with Crippen molar-refractivity contribution in [3.8, 4) is 0 Å². The van der Waals surface area contributed by atoms with E-state index < -0.39 is 17.9 Å². The van der Waals surface area contributed by atoms with Gasteiger partial charge in [-0.25, -0.2) is 0 Å². The molecule has 3 aliphatic heterocycles. The molecule has 1 aromatic heterocycles. The van der Waals surface area contributed by atoms with Crippen molar-refractivity contribution >= 4 is 40.3 Å². The van der Waals surface area contributed by atoms with E-state index in [-0.39, 0.29) is 23.6 Å². The molecule has 1 aromatic carbocycles. The van der Waals surface area contributed by atoms with Gasteiger partial charge in [-0.3, -0.25) is 24.3 Å². The number of ether oxygens (including phenoxy) is 1. The van der Waals surface area contributed by atoms with Crippen molar-refractivity contribution in [1.82, 2.24) is 9.88 Å². The number of likely N-dealkylation sites (tertiary alicyclic amines) is 1. The summed E-state index contributed by atoms with van der Waals surface area (Å²) in [5.41, 5.74) is 2.56. The highest BCUT2D eigenvalue weighted by Gasteiger charge is 2.63. The summed E-state index contributed by atoms with van der Waals surface area (Å²) in [5, 5.41) is 0.962. The SMILES string of the molecule is COCCCN1C(=O)C2C(C1=O)C(C(C)=O)N1c3c(ccc4cccnc34)C=CC21. The Morgan fingerprint density at radius 3 is 2.73 bits per heavy atom. The molecular weight excluding hydrogens is 382 g/mol. The first-order valence-electron chi connectivity index (χ1n) is 10.2. The third kappa shape index (κ3) is 2.55. The Hall–Kier alpha value is -3.06. The van der Waals surface area contributed by atoms with Gasteiger partial charge in [-0.2, -0.15) is 0 Å². The fourth-order valence-electron chi connectivity index (χ4n) is 5.29. The molecule has 7 nitrogen and oxygen atoms in total. The van der Waals surface area contributed by atoms with E-state index in [0.29, 0.717) is 19.6 Å². The number of carbonyl (C=O) groups excluding carboxylic acids is 3. The third-order valence-corrected chi connectivity index (χ3v) is 6.48. The minimum Gasteiger partial charge on any atom is -0.385 e. The topological polar surface area (TPSA) is 79.8 Å². The molecule has 0 saturated carbocycles. The van der Waals surface area contributed by atoms with E-state index in [9.17, 15) is 14.4 Å². The molecule has 5 rings (SSSR count). The number of anilines is 1. The average Bonchev–Trinajstić information content (AvgIpc) is 3.22. The van der Waals surface area contributed by atoms with Gasteiger partial charge in [-0.05, 0) is 25.0 Å². The lowest BCUT2D eigenvalue weighted by Crippen LogP contribution is -2.48. The van der Waals surface area contributed by atoms with Crippen LogP contribution in [0.15, 0.2) is 36.5 Å².